The predicted molar refractivity (Wildman–Crippen MR) is 141 cm³/mol. The number of benzene rings is 3. The molecule has 3 aromatic carbocycles. The van der Waals surface area contributed by atoms with E-state index in [1.807, 2.05) is 13.0 Å². The Labute approximate surface area is 221 Å². The van der Waals surface area contributed by atoms with Gasteiger partial charge in [-0.15, -0.1) is 0 Å². The molecule has 1 amide bonds. The van der Waals surface area contributed by atoms with E-state index in [0.29, 0.717) is 23.0 Å². The molecule has 39 heavy (non-hydrogen) atoms. The molecule has 0 aliphatic rings. The van der Waals surface area contributed by atoms with Crippen molar-refractivity contribution in [1.29, 1.82) is 0 Å². The maximum Gasteiger partial charge on any atom is 0.335 e. The highest BCUT2D eigenvalue weighted by Gasteiger charge is 2.25. The number of hydrogen-bond donors (Lipinski definition) is 3. The number of nitrogens with one attached hydrogen (secondary N) is 2. The molecule has 1 atom stereocenters. The summed E-state index contributed by atoms with van der Waals surface area (Å²) in [5, 5.41) is 15.3. The van der Waals surface area contributed by atoms with Crippen molar-refractivity contribution in [2.45, 2.75) is 25.9 Å². The molecule has 0 radical (unpaired) electrons. The van der Waals surface area contributed by atoms with Gasteiger partial charge >= 0.3 is 11.7 Å². The molecule has 4 aromatic rings. The van der Waals surface area contributed by atoms with E-state index in [1.165, 1.54) is 28.8 Å². The van der Waals surface area contributed by atoms with Crippen LogP contribution in [0.25, 0.3) is 16.6 Å². The highest BCUT2D eigenvalue weighted by Crippen LogP contribution is 2.15. The van der Waals surface area contributed by atoms with E-state index in [0.717, 1.165) is 34.9 Å². The first kappa shape index (κ1) is 27.4. The van der Waals surface area contributed by atoms with Gasteiger partial charge in [-0.2, -0.15) is 0 Å². The van der Waals surface area contributed by atoms with Crippen LogP contribution in [0, 0.1) is 11.6 Å². The third-order valence-electron chi connectivity index (χ3n) is 6.34. The zero-order valence-corrected chi connectivity index (χ0v) is 21.2. The minimum Gasteiger partial charge on any atom is -0.480 e. The number of hydrogen-bond acceptors (Lipinski definition) is 5. The van der Waals surface area contributed by atoms with Crippen LogP contribution < -0.4 is 21.9 Å². The molecule has 0 bridgehead atoms. The van der Waals surface area contributed by atoms with Gasteiger partial charge in [0.15, 0.2) is 0 Å². The number of fused-ring (bicyclic) bond motifs is 1. The quantitative estimate of drug-likeness (QED) is 0.302. The number of rotatable bonds is 9. The van der Waals surface area contributed by atoms with Crippen LogP contribution in [0.2, 0.25) is 0 Å². The lowest BCUT2D eigenvalue weighted by Gasteiger charge is -2.16. The largest absolute Gasteiger partial charge is 0.480 e. The fourth-order valence-electron chi connectivity index (χ4n) is 4.28. The number of aromatic nitrogens is 2. The first-order valence-corrected chi connectivity index (χ1v) is 12.1. The number of aliphatic carboxylic acids is 1. The van der Waals surface area contributed by atoms with E-state index in [-0.39, 0.29) is 12.1 Å². The van der Waals surface area contributed by atoms with Gasteiger partial charge in [0.2, 0.25) is 0 Å². The van der Waals surface area contributed by atoms with Crippen molar-refractivity contribution in [3.63, 3.8) is 0 Å². The van der Waals surface area contributed by atoms with E-state index < -0.39 is 46.4 Å². The predicted octanol–water partition coefficient (Wildman–Crippen LogP) is 2.50. The van der Waals surface area contributed by atoms with Gasteiger partial charge in [-0.3, -0.25) is 14.2 Å². The second-order valence-electron chi connectivity index (χ2n) is 8.95. The lowest BCUT2D eigenvalue weighted by Crippen LogP contribution is -2.43. The summed E-state index contributed by atoms with van der Waals surface area (Å²) in [5.74, 6) is -4.83. The maximum atomic E-state index is 13.9. The SMILES string of the molecule is CCNCc1ccc2c(c1)c(=O)n(-c1ccc(C[C@H](NC(=O)c3c(F)cccc3F)C(=O)O)cc1)c(=O)n2C. The number of amides is 1. The minimum absolute atomic E-state index is 0.212. The smallest absolute Gasteiger partial charge is 0.335 e. The zero-order chi connectivity index (χ0) is 28.3. The molecule has 0 saturated heterocycles. The molecular formula is C28H26F2N4O5. The van der Waals surface area contributed by atoms with Crippen LogP contribution >= 0.6 is 0 Å². The number of aryl methyl sites for hydroxylation is 1. The summed E-state index contributed by atoms with van der Waals surface area (Å²) in [6.45, 7) is 3.29. The zero-order valence-electron chi connectivity index (χ0n) is 21.2. The molecule has 3 N–H and O–H groups in total. The Morgan fingerprint density at radius 3 is 2.23 bits per heavy atom. The number of halogens is 2. The Hall–Kier alpha value is -4.64. The number of carbonyl (C=O) groups is 2. The molecule has 0 saturated carbocycles. The van der Waals surface area contributed by atoms with Crippen LogP contribution in [0.5, 0.6) is 0 Å². The normalized spacial score (nSPS) is 11.9. The molecule has 0 aliphatic carbocycles. The lowest BCUT2D eigenvalue weighted by atomic mass is 10.0. The van der Waals surface area contributed by atoms with Gasteiger partial charge in [-0.1, -0.05) is 31.2 Å². The van der Waals surface area contributed by atoms with Crippen LogP contribution in [-0.2, 0) is 24.8 Å². The van der Waals surface area contributed by atoms with Gasteiger partial charge in [0.25, 0.3) is 11.5 Å². The molecule has 1 aromatic heterocycles. The van der Waals surface area contributed by atoms with Gasteiger partial charge in [0, 0.05) is 20.0 Å². The van der Waals surface area contributed by atoms with Crippen molar-refractivity contribution in [3.05, 3.63) is 110 Å². The topological polar surface area (TPSA) is 122 Å². The Kier molecular flexibility index (Phi) is 8.01. The van der Waals surface area contributed by atoms with Crippen LogP contribution in [0.1, 0.15) is 28.4 Å². The molecular weight excluding hydrogens is 510 g/mol. The standard InChI is InChI=1S/C28H26F2N4O5/c1-3-31-15-17-9-12-23-19(13-17)26(36)34(28(39)33(23)2)18-10-7-16(8-11-18)14-22(27(37)38)32-25(35)24-20(29)5-4-6-21(24)30/h4-13,22,31H,3,14-15H2,1-2H3,(H,32,35)(H,37,38)/t22-/m0/s1. The molecule has 11 heteroatoms. The van der Waals surface area contributed by atoms with Crippen molar-refractivity contribution >= 4 is 22.8 Å². The van der Waals surface area contributed by atoms with Crippen molar-refractivity contribution in [2.24, 2.45) is 7.05 Å². The van der Waals surface area contributed by atoms with Crippen LogP contribution in [-0.4, -0.2) is 38.7 Å². The summed E-state index contributed by atoms with van der Waals surface area (Å²) in [5.41, 5.74) is 0.165. The summed E-state index contributed by atoms with van der Waals surface area (Å²) in [6.07, 6.45) is -0.212. The highest BCUT2D eigenvalue weighted by atomic mass is 19.1. The van der Waals surface area contributed by atoms with Crippen LogP contribution in [0.15, 0.2) is 70.3 Å². The fraction of sp³-hybridized carbons (Fsp3) is 0.214. The first-order valence-electron chi connectivity index (χ1n) is 12.1. The number of carbonyl (C=O) groups excluding carboxylic acids is 1. The number of nitrogens with zero attached hydrogens (tertiary/aromatic N) is 2. The second kappa shape index (κ2) is 11.4. The summed E-state index contributed by atoms with van der Waals surface area (Å²) in [4.78, 5) is 50.6. The van der Waals surface area contributed by atoms with E-state index in [2.05, 4.69) is 10.6 Å². The van der Waals surface area contributed by atoms with E-state index in [9.17, 15) is 33.1 Å². The Balaban J connectivity index is 1.62. The van der Waals surface area contributed by atoms with Gasteiger partial charge in [-0.25, -0.2) is 22.9 Å². The molecule has 9 nitrogen and oxygen atoms in total. The Morgan fingerprint density at radius 2 is 1.62 bits per heavy atom. The second-order valence-corrected chi connectivity index (χ2v) is 8.95. The molecule has 0 spiro atoms. The van der Waals surface area contributed by atoms with Crippen molar-refractivity contribution in [2.75, 3.05) is 6.54 Å². The van der Waals surface area contributed by atoms with Crippen molar-refractivity contribution < 1.29 is 23.5 Å². The molecule has 0 aliphatic heterocycles. The molecule has 0 fully saturated rings. The molecule has 1 heterocycles. The van der Waals surface area contributed by atoms with Gasteiger partial charge in [0.1, 0.15) is 23.2 Å². The lowest BCUT2D eigenvalue weighted by molar-refractivity contribution is -0.139. The first-order chi connectivity index (χ1) is 18.6. The van der Waals surface area contributed by atoms with Gasteiger partial charge in [0.05, 0.1) is 16.6 Å². The average Bonchev–Trinajstić information content (AvgIpc) is 2.91. The molecule has 0 unspecified atom stereocenters. The fourth-order valence-corrected chi connectivity index (χ4v) is 4.28. The van der Waals surface area contributed by atoms with Crippen molar-refractivity contribution in [3.8, 4) is 5.69 Å². The maximum absolute atomic E-state index is 13.9. The minimum atomic E-state index is -1.49. The van der Waals surface area contributed by atoms with E-state index in [1.54, 1.807) is 19.2 Å². The highest BCUT2D eigenvalue weighted by molar-refractivity contribution is 5.97. The van der Waals surface area contributed by atoms with Gasteiger partial charge in [-0.05, 0) is 54.1 Å². The van der Waals surface area contributed by atoms with E-state index >= 15 is 0 Å². The number of carboxylic acids is 1. The third kappa shape index (κ3) is 5.63. The van der Waals surface area contributed by atoms with Crippen LogP contribution in [0.3, 0.4) is 0 Å². The summed E-state index contributed by atoms with van der Waals surface area (Å²) in [6, 6.07) is 12.7. The van der Waals surface area contributed by atoms with Crippen molar-refractivity contribution in [1.82, 2.24) is 19.8 Å². The van der Waals surface area contributed by atoms with Crippen LogP contribution in [0.4, 0.5) is 8.78 Å². The Bertz CT molecular complexity index is 1660. The average molecular weight is 537 g/mol. The third-order valence-corrected chi connectivity index (χ3v) is 6.34. The summed E-state index contributed by atoms with van der Waals surface area (Å²) < 4.78 is 30.3. The Morgan fingerprint density at radius 1 is 0.974 bits per heavy atom. The summed E-state index contributed by atoms with van der Waals surface area (Å²) >= 11 is 0. The molecule has 4 rings (SSSR count). The summed E-state index contributed by atoms with van der Waals surface area (Å²) in [7, 11) is 1.57. The van der Waals surface area contributed by atoms with Gasteiger partial charge < -0.3 is 15.7 Å². The number of carboxylic acid groups (broad SMARTS) is 1. The molecule has 202 valence electrons. The monoisotopic (exact) mass is 536 g/mol. The van der Waals surface area contributed by atoms with E-state index in [4.69, 9.17) is 0 Å².